The average Bonchev–Trinajstić information content (AvgIpc) is 2.56. The minimum Gasteiger partial charge on any atom is -0.444 e. The van der Waals surface area contributed by atoms with E-state index < -0.39 is 27.9 Å². The first kappa shape index (κ1) is 16.7. The first-order valence-corrected chi connectivity index (χ1v) is 8.08. The van der Waals surface area contributed by atoms with Crippen LogP contribution in [0, 0.1) is 11.3 Å². The zero-order valence-electron chi connectivity index (χ0n) is 12.1. The van der Waals surface area contributed by atoms with Crippen molar-refractivity contribution in [1.29, 1.82) is 5.26 Å². The van der Waals surface area contributed by atoms with Gasteiger partial charge in [-0.2, -0.15) is 13.7 Å². The first-order chi connectivity index (χ1) is 9.02. The van der Waals surface area contributed by atoms with Crippen LogP contribution in [0.1, 0.15) is 33.6 Å². The molecule has 1 rings (SSSR count). The number of hydrogen-bond acceptors (Lipinski definition) is 6. The van der Waals surface area contributed by atoms with E-state index >= 15 is 0 Å². The average molecular weight is 304 g/mol. The van der Waals surface area contributed by atoms with Crippen LogP contribution in [0.25, 0.3) is 0 Å². The molecule has 0 bridgehead atoms. The van der Waals surface area contributed by atoms with E-state index in [0.717, 1.165) is 6.26 Å². The Labute approximate surface area is 119 Å². The summed E-state index contributed by atoms with van der Waals surface area (Å²) in [6, 6.07) is 1.60. The first-order valence-electron chi connectivity index (χ1n) is 6.26. The maximum atomic E-state index is 12.0. The van der Waals surface area contributed by atoms with Gasteiger partial charge in [-0.25, -0.2) is 4.79 Å². The lowest BCUT2D eigenvalue weighted by atomic mass is 10.1. The Kier molecular flexibility index (Phi) is 5.00. The molecular formula is C12H20N2O5S. The van der Waals surface area contributed by atoms with Crippen molar-refractivity contribution in [2.45, 2.75) is 51.4 Å². The van der Waals surface area contributed by atoms with E-state index in [0.29, 0.717) is 6.42 Å². The molecule has 0 unspecified atom stereocenters. The fraction of sp³-hybridized carbons (Fsp3) is 0.833. The number of hydrogen-bond donors (Lipinski definition) is 0. The monoisotopic (exact) mass is 304 g/mol. The lowest BCUT2D eigenvalue weighted by molar-refractivity contribution is 0.0216. The van der Waals surface area contributed by atoms with Crippen LogP contribution >= 0.6 is 0 Å². The summed E-state index contributed by atoms with van der Waals surface area (Å²) in [5.41, 5.74) is -0.649. The molecule has 8 heteroatoms. The van der Waals surface area contributed by atoms with Gasteiger partial charge in [0.2, 0.25) is 0 Å². The van der Waals surface area contributed by atoms with Crippen LogP contribution in [0.15, 0.2) is 0 Å². The maximum absolute atomic E-state index is 12.0. The molecule has 0 radical (unpaired) electrons. The standard InChI is InChI=1S/C12H20N2O5S/c1-12(2,3)18-11(15)14-8-10(19-20(4,16)17)7-9(14)5-6-13/h9-10H,5,7-8H2,1-4H3/t9-,10-/m0/s1. The third kappa shape index (κ3) is 5.35. The topological polar surface area (TPSA) is 96.7 Å². The fourth-order valence-electron chi connectivity index (χ4n) is 2.03. The van der Waals surface area contributed by atoms with Crippen LogP contribution in [-0.4, -0.2) is 50.0 Å². The number of nitriles is 1. The molecule has 0 N–H and O–H groups in total. The van der Waals surface area contributed by atoms with Crippen LogP contribution in [-0.2, 0) is 19.0 Å². The summed E-state index contributed by atoms with van der Waals surface area (Å²) >= 11 is 0. The molecule has 0 aromatic heterocycles. The van der Waals surface area contributed by atoms with Crippen LogP contribution in [0.3, 0.4) is 0 Å². The fourth-order valence-corrected chi connectivity index (χ4v) is 2.67. The molecule has 1 fully saturated rings. The van der Waals surface area contributed by atoms with E-state index in [9.17, 15) is 13.2 Å². The highest BCUT2D eigenvalue weighted by atomic mass is 32.2. The van der Waals surface area contributed by atoms with Crippen molar-refractivity contribution >= 4 is 16.2 Å². The van der Waals surface area contributed by atoms with Gasteiger partial charge in [0.25, 0.3) is 10.1 Å². The van der Waals surface area contributed by atoms with Gasteiger partial charge >= 0.3 is 6.09 Å². The minimum absolute atomic E-state index is 0.105. The van der Waals surface area contributed by atoms with Crippen molar-refractivity contribution < 1.29 is 22.1 Å². The number of amides is 1. The van der Waals surface area contributed by atoms with Gasteiger partial charge in [0, 0.05) is 0 Å². The normalized spacial score (nSPS) is 23.4. The zero-order chi connectivity index (χ0) is 15.6. The smallest absolute Gasteiger partial charge is 0.410 e. The summed E-state index contributed by atoms with van der Waals surface area (Å²) < 4.78 is 32.4. The van der Waals surface area contributed by atoms with Gasteiger partial charge in [0.15, 0.2) is 0 Å². The van der Waals surface area contributed by atoms with E-state index in [1.54, 1.807) is 20.8 Å². The predicted molar refractivity (Wildman–Crippen MR) is 71.3 cm³/mol. The van der Waals surface area contributed by atoms with E-state index in [1.165, 1.54) is 4.90 Å². The van der Waals surface area contributed by atoms with Gasteiger partial charge in [-0.3, -0.25) is 4.18 Å². The van der Waals surface area contributed by atoms with Crippen molar-refractivity contribution in [3.8, 4) is 6.07 Å². The molecule has 1 amide bonds. The van der Waals surface area contributed by atoms with Crippen molar-refractivity contribution in [2.24, 2.45) is 0 Å². The summed E-state index contributed by atoms with van der Waals surface area (Å²) in [5.74, 6) is 0. The molecule has 2 atom stereocenters. The second-order valence-electron chi connectivity index (χ2n) is 5.81. The summed E-state index contributed by atoms with van der Waals surface area (Å²) in [6.45, 7) is 5.33. The molecule has 20 heavy (non-hydrogen) atoms. The molecule has 114 valence electrons. The maximum Gasteiger partial charge on any atom is 0.410 e. The number of carbonyl (C=O) groups excluding carboxylic acids is 1. The zero-order valence-corrected chi connectivity index (χ0v) is 12.9. The van der Waals surface area contributed by atoms with Crippen LogP contribution in [0.5, 0.6) is 0 Å². The molecule has 0 spiro atoms. The molecule has 0 aromatic carbocycles. The Morgan fingerprint density at radius 3 is 2.50 bits per heavy atom. The summed E-state index contributed by atoms with van der Waals surface area (Å²) in [6.07, 6.45) is 0.193. The van der Waals surface area contributed by atoms with E-state index in [-0.39, 0.29) is 19.0 Å². The van der Waals surface area contributed by atoms with Gasteiger partial charge in [0.1, 0.15) is 5.60 Å². The lowest BCUT2D eigenvalue weighted by Crippen LogP contribution is -2.40. The largest absolute Gasteiger partial charge is 0.444 e. The molecule has 0 saturated carbocycles. The highest BCUT2D eigenvalue weighted by Gasteiger charge is 2.39. The summed E-state index contributed by atoms with van der Waals surface area (Å²) in [4.78, 5) is 13.4. The van der Waals surface area contributed by atoms with E-state index in [4.69, 9.17) is 14.2 Å². The Morgan fingerprint density at radius 2 is 2.05 bits per heavy atom. The SMILES string of the molecule is CC(C)(C)OC(=O)N1C[C@@H](OS(C)(=O)=O)C[C@@H]1CC#N. The second kappa shape index (κ2) is 5.97. The van der Waals surface area contributed by atoms with Crippen LogP contribution in [0.4, 0.5) is 4.79 Å². The Balaban J connectivity index is 2.78. The number of likely N-dealkylation sites (tertiary alicyclic amines) is 1. The molecule has 1 saturated heterocycles. The van der Waals surface area contributed by atoms with Gasteiger partial charge in [-0.05, 0) is 27.2 Å². The highest BCUT2D eigenvalue weighted by Crippen LogP contribution is 2.25. The predicted octanol–water partition coefficient (Wildman–Crippen LogP) is 1.25. The third-order valence-electron chi connectivity index (χ3n) is 2.64. The van der Waals surface area contributed by atoms with Crippen molar-refractivity contribution in [3.05, 3.63) is 0 Å². The van der Waals surface area contributed by atoms with Crippen LogP contribution in [0.2, 0.25) is 0 Å². The summed E-state index contributed by atoms with van der Waals surface area (Å²) in [5, 5.41) is 8.79. The quantitative estimate of drug-likeness (QED) is 0.728. The number of rotatable bonds is 3. The van der Waals surface area contributed by atoms with E-state index in [2.05, 4.69) is 0 Å². The van der Waals surface area contributed by atoms with Crippen molar-refractivity contribution in [3.63, 3.8) is 0 Å². The van der Waals surface area contributed by atoms with Crippen LogP contribution < -0.4 is 0 Å². The molecule has 7 nitrogen and oxygen atoms in total. The van der Waals surface area contributed by atoms with Gasteiger partial charge < -0.3 is 9.64 Å². The Bertz CT molecular complexity index is 503. The lowest BCUT2D eigenvalue weighted by Gasteiger charge is -2.27. The third-order valence-corrected chi connectivity index (χ3v) is 3.26. The molecular weight excluding hydrogens is 284 g/mol. The second-order valence-corrected chi connectivity index (χ2v) is 7.41. The number of ether oxygens (including phenoxy) is 1. The van der Waals surface area contributed by atoms with Crippen molar-refractivity contribution in [1.82, 2.24) is 4.90 Å². The molecule has 1 aliphatic heterocycles. The van der Waals surface area contributed by atoms with Gasteiger partial charge in [0.05, 0.1) is 37.4 Å². The number of nitrogens with zero attached hydrogens (tertiary/aromatic N) is 2. The van der Waals surface area contributed by atoms with E-state index in [1.807, 2.05) is 6.07 Å². The molecule has 0 aromatic rings. The minimum atomic E-state index is -3.59. The van der Waals surface area contributed by atoms with Crippen molar-refractivity contribution in [2.75, 3.05) is 12.8 Å². The van der Waals surface area contributed by atoms with Gasteiger partial charge in [-0.1, -0.05) is 0 Å². The Morgan fingerprint density at radius 1 is 1.45 bits per heavy atom. The summed E-state index contributed by atoms with van der Waals surface area (Å²) in [7, 11) is -3.59. The number of carbonyl (C=O) groups is 1. The molecule has 1 aliphatic rings. The molecule has 1 heterocycles. The Hall–Kier alpha value is -1.33. The molecule has 0 aliphatic carbocycles. The highest BCUT2D eigenvalue weighted by molar-refractivity contribution is 7.86. The van der Waals surface area contributed by atoms with Gasteiger partial charge in [-0.15, -0.1) is 0 Å².